The van der Waals surface area contributed by atoms with Crippen molar-refractivity contribution in [2.75, 3.05) is 13.7 Å². The molecule has 1 aliphatic carbocycles. The highest BCUT2D eigenvalue weighted by Gasteiger charge is 2.41. The third kappa shape index (κ3) is 4.85. The number of esters is 2. The van der Waals surface area contributed by atoms with Gasteiger partial charge in [0, 0.05) is 36.2 Å². The molecule has 0 spiro atoms. The number of carbonyl (C=O) groups excluding carboxylic acids is 3. The van der Waals surface area contributed by atoms with Crippen LogP contribution in [0, 0.1) is 0 Å². The highest BCUT2D eigenvalue weighted by Crippen LogP contribution is 2.47. The second kappa shape index (κ2) is 10.2. The van der Waals surface area contributed by atoms with Crippen molar-refractivity contribution in [1.82, 2.24) is 5.32 Å². The van der Waals surface area contributed by atoms with Gasteiger partial charge in [-0.3, -0.25) is 9.59 Å². The molecule has 0 saturated carbocycles. The molecule has 4 rings (SSSR count). The number of allylic oxidation sites excluding steroid dienone is 3. The molecule has 2 aromatic carbocycles. The quantitative estimate of drug-likeness (QED) is 0.484. The molecule has 2 atom stereocenters. The zero-order chi connectivity index (χ0) is 25.1. The summed E-state index contributed by atoms with van der Waals surface area (Å²) in [6.45, 7) is 5.32. The first-order valence-electron chi connectivity index (χ1n) is 11.7. The lowest BCUT2D eigenvalue weighted by atomic mass is 9.71. The van der Waals surface area contributed by atoms with Crippen molar-refractivity contribution in [2.45, 2.75) is 45.4 Å². The van der Waals surface area contributed by atoms with Crippen molar-refractivity contribution >= 4 is 17.7 Å². The molecule has 0 saturated heterocycles. The van der Waals surface area contributed by atoms with Crippen LogP contribution in [-0.4, -0.2) is 31.4 Å². The SMILES string of the molecule is CCOc1cc([C@@H]2C(C(=O)OC)=C(C)NC3=C2C(=O)C[C@@H](c2ccccc2)C3)ccc1OC(C)=O. The second-order valence-electron chi connectivity index (χ2n) is 8.65. The average molecular weight is 476 g/mol. The van der Waals surface area contributed by atoms with E-state index in [1.165, 1.54) is 14.0 Å². The van der Waals surface area contributed by atoms with Crippen molar-refractivity contribution in [3.63, 3.8) is 0 Å². The zero-order valence-corrected chi connectivity index (χ0v) is 20.3. The fraction of sp³-hybridized carbons (Fsp3) is 0.321. The Labute approximate surface area is 204 Å². The molecule has 35 heavy (non-hydrogen) atoms. The van der Waals surface area contributed by atoms with Crippen LogP contribution in [0.15, 0.2) is 71.1 Å². The van der Waals surface area contributed by atoms with Crippen molar-refractivity contribution in [3.8, 4) is 11.5 Å². The Balaban J connectivity index is 1.83. The van der Waals surface area contributed by atoms with Crippen LogP contribution in [0.3, 0.4) is 0 Å². The van der Waals surface area contributed by atoms with Crippen LogP contribution in [0.4, 0.5) is 0 Å². The molecule has 2 aromatic rings. The van der Waals surface area contributed by atoms with E-state index in [-0.39, 0.29) is 17.5 Å². The maximum absolute atomic E-state index is 13.6. The van der Waals surface area contributed by atoms with Gasteiger partial charge < -0.3 is 19.5 Å². The van der Waals surface area contributed by atoms with Crippen molar-refractivity contribution in [1.29, 1.82) is 0 Å². The molecule has 2 aliphatic rings. The Bertz CT molecular complexity index is 1230. The van der Waals surface area contributed by atoms with Crippen molar-refractivity contribution in [2.24, 2.45) is 0 Å². The van der Waals surface area contributed by atoms with E-state index < -0.39 is 17.9 Å². The number of carbonyl (C=O) groups is 3. The lowest BCUT2D eigenvalue weighted by Crippen LogP contribution is -2.36. The van der Waals surface area contributed by atoms with E-state index in [9.17, 15) is 14.4 Å². The van der Waals surface area contributed by atoms with Gasteiger partial charge in [0.15, 0.2) is 17.3 Å². The maximum Gasteiger partial charge on any atom is 0.336 e. The van der Waals surface area contributed by atoms with Crippen molar-refractivity contribution in [3.05, 3.63) is 82.2 Å². The molecule has 7 heteroatoms. The third-order valence-corrected chi connectivity index (χ3v) is 6.36. The van der Waals surface area contributed by atoms with Crippen LogP contribution in [0.2, 0.25) is 0 Å². The zero-order valence-electron chi connectivity index (χ0n) is 20.3. The summed E-state index contributed by atoms with van der Waals surface area (Å²) in [5.74, 6) is -0.924. The molecular formula is C28H29NO6. The molecule has 0 aromatic heterocycles. The summed E-state index contributed by atoms with van der Waals surface area (Å²) in [6.07, 6.45) is 0.996. The molecule has 1 heterocycles. The normalized spacial score (nSPS) is 19.6. The summed E-state index contributed by atoms with van der Waals surface area (Å²) in [5.41, 5.74) is 4.18. The van der Waals surface area contributed by atoms with Gasteiger partial charge in [-0.25, -0.2) is 4.79 Å². The minimum atomic E-state index is -0.631. The molecule has 0 fully saturated rings. The predicted octanol–water partition coefficient (Wildman–Crippen LogP) is 4.55. The number of Topliss-reactive ketones (excluding diaryl/α,β-unsaturated/α-hetero) is 1. The van der Waals surface area contributed by atoms with Crippen LogP contribution in [-0.2, 0) is 19.1 Å². The number of ketones is 1. The van der Waals surface area contributed by atoms with E-state index in [0.29, 0.717) is 47.6 Å². The molecule has 0 amide bonds. The predicted molar refractivity (Wildman–Crippen MR) is 130 cm³/mol. The van der Waals surface area contributed by atoms with Gasteiger partial charge in [-0.2, -0.15) is 0 Å². The Hall–Kier alpha value is -3.87. The Morgan fingerprint density at radius 3 is 2.43 bits per heavy atom. The number of hydrogen-bond acceptors (Lipinski definition) is 7. The second-order valence-corrected chi connectivity index (χ2v) is 8.65. The molecule has 0 radical (unpaired) electrons. The average Bonchev–Trinajstić information content (AvgIpc) is 2.84. The number of dihydropyridines is 1. The first-order valence-corrected chi connectivity index (χ1v) is 11.7. The van der Waals surface area contributed by atoms with E-state index in [1.54, 1.807) is 18.2 Å². The van der Waals surface area contributed by atoms with Gasteiger partial charge in [0.1, 0.15) is 0 Å². The first kappa shape index (κ1) is 24.3. The van der Waals surface area contributed by atoms with E-state index in [4.69, 9.17) is 14.2 Å². The summed E-state index contributed by atoms with van der Waals surface area (Å²) in [4.78, 5) is 38.1. The summed E-state index contributed by atoms with van der Waals surface area (Å²) in [6, 6.07) is 15.1. The smallest absolute Gasteiger partial charge is 0.336 e. The Kier molecular flexibility index (Phi) is 7.05. The van der Waals surface area contributed by atoms with Crippen LogP contribution in [0.5, 0.6) is 11.5 Å². The Morgan fingerprint density at radius 2 is 1.77 bits per heavy atom. The van der Waals surface area contributed by atoms with E-state index >= 15 is 0 Å². The number of rotatable bonds is 6. The van der Waals surface area contributed by atoms with Crippen LogP contribution >= 0.6 is 0 Å². The van der Waals surface area contributed by atoms with Crippen LogP contribution in [0.1, 0.15) is 56.6 Å². The lowest BCUT2D eigenvalue weighted by Gasteiger charge is -2.36. The van der Waals surface area contributed by atoms with Gasteiger partial charge in [-0.1, -0.05) is 36.4 Å². The number of methoxy groups -OCH3 is 1. The Morgan fingerprint density at radius 1 is 1.03 bits per heavy atom. The molecule has 1 N–H and O–H groups in total. The maximum atomic E-state index is 13.6. The highest BCUT2D eigenvalue weighted by molar-refractivity contribution is 6.04. The van der Waals surface area contributed by atoms with E-state index in [0.717, 1.165) is 11.3 Å². The first-order chi connectivity index (χ1) is 16.8. The monoisotopic (exact) mass is 475 g/mol. The topological polar surface area (TPSA) is 90.9 Å². The fourth-order valence-electron chi connectivity index (χ4n) is 4.93. The molecule has 0 bridgehead atoms. The van der Waals surface area contributed by atoms with Gasteiger partial charge in [0.25, 0.3) is 0 Å². The fourth-order valence-corrected chi connectivity index (χ4v) is 4.93. The van der Waals surface area contributed by atoms with Crippen LogP contribution in [0.25, 0.3) is 0 Å². The van der Waals surface area contributed by atoms with Gasteiger partial charge in [-0.15, -0.1) is 0 Å². The van der Waals surface area contributed by atoms with Gasteiger partial charge in [0.2, 0.25) is 0 Å². The lowest BCUT2D eigenvalue weighted by molar-refractivity contribution is -0.136. The summed E-state index contributed by atoms with van der Waals surface area (Å²) >= 11 is 0. The number of ether oxygens (including phenoxy) is 3. The van der Waals surface area contributed by atoms with E-state index in [2.05, 4.69) is 5.32 Å². The van der Waals surface area contributed by atoms with Crippen LogP contribution < -0.4 is 14.8 Å². The van der Waals surface area contributed by atoms with Gasteiger partial charge in [-0.05, 0) is 49.4 Å². The number of hydrogen-bond donors (Lipinski definition) is 1. The summed E-state index contributed by atoms with van der Waals surface area (Å²) < 4.78 is 16.1. The highest BCUT2D eigenvalue weighted by atomic mass is 16.6. The number of nitrogens with one attached hydrogen (secondary N) is 1. The molecule has 0 unspecified atom stereocenters. The van der Waals surface area contributed by atoms with E-state index in [1.807, 2.05) is 44.2 Å². The van der Waals surface area contributed by atoms with Gasteiger partial charge >= 0.3 is 11.9 Å². The summed E-state index contributed by atoms with van der Waals surface area (Å²) in [5, 5.41) is 3.33. The molecule has 7 nitrogen and oxygen atoms in total. The molecular weight excluding hydrogens is 446 g/mol. The molecule has 1 aliphatic heterocycles. The van der Waals surface area contributed by atoms with Crippen molar-refractivity contribution < 1.29 is 28.6 Å². The number of benzene rings is 2. The summed E-state index contributed by atoms with van der Waals surface area (Å²) in [7, 11) is 1.33. The minimum Gasteiger partial charge on any atom is -0.490 e. The largest absolute Gasteiger partial charge is 0.490 e. The minimum absolute atomic E-state index is 0.0199. The van der Waals surface area contributed by atoms with Gasteiger partial charge in [0.05, 0.1) is 19.3 Å². The molecule has 182 valence electrons. The standard InChI is InChI=1S/C28H29NO6/c1-5-34-24-15-19(11-12-23(24)35-17(3)30)26-25(28(32)33-4)16(2)29-21-13-20(14-22(31)27(21)26)18-9-7-6-8-10-18/h6-12,15,20,26,29H,5,13-14H2,1-4H3/t20-,26+/m0/s1. The third-order valence-electron chi connectivity index (χ3n) is 6.36.